The first kappa shape index (κ1) is 21.2. The van der Waals surface area contributed by atoms with E-state index in [-0.39, 0.29) is 5.91 Å². The second kappa shape index (κ2) is 8.72. The molecule has 1 amide bonds. The number of hydrogen-bond acceptors (Lipinski definition) is 6. The van der Waals surface area contributed by atoms with Gasteiger partial charge in [-0.25, -0.2) is 4.98 Å². The molecule has 2 aliphatic heterocycles. The molecule has 1 N–H and O–H groups in total. The lowest BCUT2D eigenvalue weighted by atomic mass is 9.87. The third-order valence-electron chi connectivity index (χ3n) is 7.76. The zero-order chi connectivity index (χ0) is 22.2. The van der Waals surface area contributed by atoms with Gasteiger partial charge in [0.25, 0.3) is 0 Å². The van der Waals surface area contributed by atoms with E-state index in [2.05, 4.69) is 37.9 Å². The number of anilines is 1. The van der Waals surface area contributed by atoms with Crippen LogP contribution in [0.3, 0.4) is 0 Å². The van der Waals surface area contributed by atoms with Gasteiger partial charge in [0.15, 0.2) is 0 Å². The molecule has 2 aromatic heterocycles. The van der Waals surface area contributed by atoms with Crippen LogP contribution < -0.4 is 10.2 Å². The number of nitriles is 1. The average molecular weight is 436 g/mol. The van der Waals surface area contributed by atoms with Gasteiger partial charge in [-0.2, -0.15) is 5.26 Å². The van der Waals surface area contributed by atoms with Gasteiger partial charge in [0.2, 0.25) is 5.91 Å². The van der Waals surface area contributed by atoms with Crippen LogP contribution in [-0.2, 0) is 4.79 Å². The second-order valence-corrected chi connectivity index (χ2v) is 9.47. The van der Waals surface area contributed by atoms with E-state index in [0.717, 1.165) is 81.8 Å². The van der Waals surface area contributed by atoms with Crippen molar-refractivity contribution in [2.24, 2.45) is 0 Å². The first-order valence-corrected chi connectivity index (χ1v) is 11.9. The largest absolute Gasteiger partial charge is 0.354 e. The first-order valence-electron chi connectivity index (χ1n) is 11.9. The van der Waals surface area contributed by atoms with Gasteiger partial charge < -0.3 is 19.7 Å². The second-order valence-electron chi connectivity index (χ2n) is 9.47. The van der Waals surface area contributed by atoms with Crippen molar-refractivity contribution >= 4 is 22.8 Å². The Kier molecular flexibility index (Phi) is 5.78. The fourth-order valence-electron chi connectivity index (χ4n) is 5.57. The predicted octanol–water partition coefficient (Wildman–Crippen LogP) is 1.96. The Morgan fingerprint density at radius 3 is 2.44 bits per heavy atom. The number of piperazine rings is 1. The average Bonchev–Trinajstić information content (AvgIpc) is 3.16. The molecule has 0 radical (unpaired) electrons. The van der Waals surface area contributed by atoms with Crippen molar-refractivity contribution in [2.75, 3.05) is 51.2 Å². The smallest absolute Gasteiger partial charge is 0.219 e. The summed E-state index contributed by atoms with van der Waals surface area (Å²) in [4.78, 5) is 23.6. The molecule has 0 atom stereocenters. The Hall–Kier alpha value is -2.63. The fraction of sp³-hybridized carbons (Fsp3) is 0.625. The molecule has 8 nitrogen and oxygen atoms in total. The third kappa shape index (κ3) is 3.84. The van der Waals surface area contributed by atoms with Crippen LogP contribution in [0.5, 0.6) is 0 Å². The van der Waals surface area contributed by atoms with Crippen LogP contribution >= 0.6 is 0 Å². The molecule has 1 aliphatic carbocycles. The summed E-state index contributed by atoms with van der Waals surface area (Å²) in [6.07, 6.45) is 6.30. The Morgan fingerprint density at radius 1 is 1.09 bits per heavy atom. The van der Waals surface area contributed by atoms with Gasteiger partial charge in [0.1, 0.15) is 17.5 Å². The van der Waals surface area contributed by atoms with E-state index in [1.54, 1.807) is 6.92 Å². The maximum absolute atomic E-state index is 11.6. The summed E-state index contributed by atoms with van der Waals surface area (Å²) >= 11 is 0. The summed E-state index contributed by atoms with van der Waals surface area (Å²) in [5.41, 5.74) is 1.66. The summed E-state index contributed by atoms with van der Waals surface area (Å²) in [6.45, 7) is 7.41. The SMILES string of the molecule is CNC1CC(n2cc(C#N)c3ccc(N4CCN(C5CCN(C(C)=O)CC5)CC4)nc32)C1. The number of hydrogen-bond donors (Lipinski definition) is 1. The topological polar surface area (TPSA) is 80.4 Å². The number of nitrogens with zero attached hydrogens (tertiary/aromatic N) is 6. The maximum atomic E-state index is 11.6. The van der Waals surface area contributed by atoms with Crippen molar-refractivity contribution in [1.29, 1.82) is 5.26 Å². The number of pyridine rings is 1. The van der Waals surface area contributed by atoms with E-state index in [0.29, 0.717) is 23.7 Å². The number of carbonyl (C=O) groups excluding carboxylic acids is 1. The van der Waals surface area contributed by atoms with Gasteiger partial charge in [0.05, 0.1) is 5.56 Å². The molecular weight excluding hydrogens is 402 g/mol. The highest BCUT2D eigenvalue weighted by Crippen LogP contribution is 2.36. The number of nitrogens with one attached hydrogen (secondary N) is 1. The molecule has 5 rings (SSSR count). The fourth-order valence-corrected chi connectivity index (χ4v) is 5.57. The molecule has 0 unspecified atom stereocenters. The summed E-state index contributed by atoms with van der Waals surface area (Å²) in [7, 11) is 2.01. The summed E-state index contributed by atoms with van der Waals surface area (Å²) < 4.78 is 2.23. The molecule has 3 aliphatic rings. The van der Waals surface area contributed by atoms with E-state index in [4.69, 9.17) is 4.98 Å². The van der Waals surface area contributed by atoms with E-state index < -0.39 is 0 Å². The van der Waals surface area contributed by atoms with Gasteiger partial charge in [-0.15, -0.1) is 0 Å². The number of carbonyl (C=O) groups is 1. The molecule has 0 spiro atoms. The molecule has 2 aromatic rings. The van der Waals surface area contributed by atoms with E-state index >= 15 is 0 Å². The van der Waals surface area contributed by atoms with Gasteiger partial charge >= 0.3 is 0 Å². The monoisotopic (exact) mass is 435 g/mol. The van der Waals surface area contributed by atoms with Crippen LogP contribution in [0, 0.1) is 11.3 Å². The van der Waals surface area contributed by atoms with Gasteiger partial charge in [-0.05, 0) is 44.9 Å². The molecular formula is C24H33N7O. The Balaban J connectivity index is 1.27. The van der Waals surface area contributed by atoms with Crippen LogP contribution in [0.1, 0.15) is 44.2 Å². The molecule has 8 heteroatoms. The van der Waals surface area contributed by atoms with Crippen LogP contribution in [0.25, 0.3) is 11.0 Å². The highest BCUT2D eigenvalue weighted by atomic mass is 16.2. The number of fused-ring (bicyclic) bond motifs is 1. The lowest BCUT2D eigenvalue weighted by molar-refractivity contribution is -0.130. The van der Waals surface area contributed by atoms with Crippen molar-refractivity contribution in [3.05, 3.63) is 23.9 Å². The Labute approximate surface area is 189 Å². The molecule has 3 fully saturated rings. The quantitative estimate of drug-likeness (QED) is 0.791. The molecule has 2 saturated heterocycles. The normalized spacial score (nSPS) is 25.0. The van der Waals surface area contributed by atoms with Crippen LogP contribution in [0.2, 0.25) is 0 Å². The molecule has 32 heavy (non-hydrogen) atoms. The molecule has 0 aromatic carbocycles. The highest BCUT2D eigenvalue weighted by Gasteiger charge is 2.32. The van der Waals surface area contributed by atoms with E-state index in [9.17, 15) is 10.1 Å². The number of aromatic nitrogens is 2. The van der Waals surface area contributed by atoms with Crippen molar-refractivity contribution in [3.63, 3.8) is 0 Å². The van der Waals surface area contributed by atoms with Gasteiger partial charge in [-0.3, -0.25) is 9.69 Å². The lowest BCUT2D eigenvalue weighted by Crippen LogP contribution is -2.53. The summed E-state index contributed by atoms with van der Waals surface area (Å²) in [5, 5.41) is 13.9. The van der Waals surface area contributed by atoms with E-state index in [1.807, 2.05) is 18.1 Å². The zero-order valence-corrected chi connectivity index (χ0v) is 19.1. The van der Waals surface area contributed by atoms with Gasteiger partial charge in [0, 0.05) is 75.9 Å². The number of piperidine rings is 1. The first-order chi connectivity index (χ1) is 15.6. The summed E-state index contributed by atoms with van der Waals surface area (Å²) in [5.74, 6) is 1.21. The predicted molar refractivity (Wildman–Crippen MR) is 125 cm³/mol. The van der Waals surface area contributed by atoms with Crippen LogP contribution in [-0.4, -0.2) is 83.7 Å². The molecule has 4 heterocycles. The number of rotatable bonds is 4. The van der Waals surface area contributed by atoms with Crippen LogP contribution in [0.4, 0.5) is 5.82 Å². The van der Waals surface area contributed by atoms with Crippen molar-refractivity contribution < 1.29 is 4.79 Å². The minimum atomic E-state index is 0.197. The standard InChI is InChI=1S/C24H33N7O/c1-17(32)28-7-5-20(6-8-28)29-9-11-30(12-10-29)23-4-3-22-18(15-25)16-31(24(22)27-23)21-13-19(14-21)26-2/h3-4,16,19-21,26H,5-14H2,1-2H3. The zero-order valence-electron chi connectivity index (χ0n) is 19.1. The van der Waals surface area contributed by atoms with Crippen LogP contribution in [0.15, 0.2) is 18.3 Å². The molecule has 170 valence electrons. The highest BCUT2D eigenvalue weighted by molar-refractivity contribution is 5.85. The number of amides is 1. The van der Waals surface area contributed by atoms with Crippen molar-refractivity contribution in [2.45, 2.75) is 50.7 Å². The minimum Gasteiger partial charge on any atom is -0.354 e. The molecule has 1 saturated carbocycles. The third-order valence-corrected chi connectivity index (χ3v) is 7.76. The number of likely N-dealkylation sites (tertiary alicyclic amines) is 1. The maximum Gasteiger partial charge on any atom is 0.219 e. The van der Waals surface area contributed by atoms with E-state index in [1.165, 1.54) is 0 Å². The molecule has 0 bridgehead atoms. The Bertz CT molecular complexity index is 1020. The Morgan fingerprint density at radius 2 is 1.81 bits per heavy atom. The summed E-state index contributed by atoms with van der Waals surface area (Å²) in [6, 6.07) is 8.05. The van der Waals surface area contributed by atoms with Crippen molar-refractivity contribution in [3.8, 4) is 6.07 Å². The minimum absolute atomic E-state index is 0.197. The lowest BCUT2D eigenvalue weighted by Gasteiger charge is -2.43. The van der Waals surface area contributed by atoms with Crippen molar-refractivity contribution in [1.82, 2.24) is 24.7 Å². The van der Waals surface area contributed by atoms with Gasteiger partial charge in [-0.1, -0.05) is 0 Å².